The lowest BCUT2D eigenvalue weighted by Crippen LogP contribution is -1.99. The van der Waals surface area contributed by atoms with Gasteiger partial charge in [-0.25, -0.2) is 0 Å². The lowest BCUT2D eigenvalue weighted by molar-refractivity contribution is 1.13. The zero-order valence-electron chi connectivity index (χ0n) is 10.5. The average molecular weight is 303 g/mol. The Hall–Kier alpha value is -1.98. The van der Waals surface area contributed by atoms with Crippen molar-refractivity contribution in [3.8, 4) is 11.4 Å². The quantitative estimate of drug-likeness (QED) is 0.795. The first-order valence-corrected chi connectivity index (χ1v) is 7.19. The Kier molecular flexibility index (Phi) is 3.90. The molecule has 0 saturated heterocycles. The number of hydrogen-bond acceptors (Lipinski definition) is 5. The molecule has 0 amide bonds. The zero-order chi connectivity index (χ0) is 13.8. The van der Waals surface area contributed by atoms with Crippen molar-refractivity contribution in [2.24, 2.45) is 0 Å². The summed E-state index contributed by atoms with van der Waals surface area (Å²) in [5, 5.41) is 4.76. The molecular formula is C14H11ClN4S. The number of rotatable bonds is 4. The van der Waals surface area contributed by atoms with Crippen LogP contribution in [-0.4, -0.2) is 14.3 Å². The molecule has 0 aliphatic carbocycles. The molecule has 0 radical (unpaired) electrons. The van der Waals surface area contributed by atoms with E-state index in [1.54, 1.807) is 12.4 Å². The lowest BCUT2D eigenvalue weighted by Gasteiger charge is -2.04. The van der Waals surface area contributed by atoms with Crippen molar-refractivity contribution in [3.63, 3.8) is 0 Å². The predicted molar refractivity (Wildman–Crippen MR) is 81.9 cm³/mol. The fourth-order valence-electron chi connectivity index (χ4n) is 1.73. The summed E-state index contributed by atoms with van der Waals surface area (Å²) in [4.78, 5) is 8.43. The first-order chi connectivity index (χ1) is 9.83. The maximum Gasteiger partial charge on any atom is 0.203 e. The molecule has 0 fully saturated rings. The van der Waals surface area contributed by atoms with Gasteiger partial charge in [0.15, 0.2) is 5.82 Å². The van der Waals surface area contributed by atoms with Crippen molar-refractivity contribution in [2.45, 2.75) is 6.54 Å². The summed E-state index contributed by atoms with van der Waals surface area (Å²) in [5.41, 5.74) is 2.00. The number of hydrogen-bond donors (Lipinski definition) is 1. The molecule has 0 aliphatic heterocycles. The van der Waals surface area contributed by atoms with Crippen LogP contribution in [0.5, 0.6) is 0 Å². The molecule has 6 heteroatoms. The summed E-state index contributed by atoms with van der Waals surface area (Å²) in [5.74, 6) is 0.707. The van der Waals surface area contributed by atoms with E-state index in [4.69, 9.17) is 11.6 Å². The van der Waals surface area contributed by atoms with E-state index in [0.717, 1.165) is 21.3 Å². The van der Waals surface area contributed by atoms with Gasteiger partial charge in [0.2, 0.25) is 5.13 Å². The smallest absolute Gasteiger partial charge is 0.203 e. The third kappa shape index (κ3) is 2.95. The summed E-state index contributed by atoms with van der Waals surface area (Å²) < 4.78 is 4.33. The second kappa shape index (κ2) is 5.98. The van der Waals surface area contributed by atoms with Crippen molar-refractivity contribution in [1.29, 1.82) is 0 Å². The molecule has 3 rings (SSSR count). The highest BCUT2D eigenvalue weighted by atomic mass is 35.5. The van der Waals surface area contributed by atoms with Gasteiger partial charge in [-0.05, 0) is 23.8 Å². The zero-order valence-corrected chi connectivity index (χ0v) is 12.0. The molecule has 0 aliphatic rings. The van der Waals surface area contributed by atoms with Crippen LogP contribution in [0.15, 0.2) is 48.8 Å². The van der Waals surface area contributed by atoms with Gasteiger partial charge in [-0.15, -0.1) is 0 Å². The molecule has 2 heterocycles. The van der Waals surface area contributed by atoms with Gasteiger partial charge in [0.25, 0.3) is 0 Å². The molecule has 3 aromatic rings. The van der Waals surface area contributed by atoms with E-state index in [1.807, 2.05) is 36.4 Å². The van der Waals surface area contributed by atoms with Crippen molar-refractivity contribution in [2.75, 3.05) is 5.32 Å². The third-order valence-corrected chi connectivity index (χ3v) is 3.79. The summed E-state index contributed by atoms with van der Waals surface area (Å²) in [7, 11) is 0. The standard InChI is InChI=1S/C14H11ClN4S/c15-12-4-2-1-3-11(12)9-17-14-18-13(19-20-14)10-5-7-16-8-6-10/h1-8H,9H2,(H,17,18,19). The Morgan fingerprint density at radius 2 is 1.90 bits per heavy atom. The van der Waals surface area contributed by atoms with Crippen molar-refractivity contribution in [3.05, 3.63) is 59.4 Å². The van der Waals surface area contributed by atoms with Crippen molar-refractivity contribution >= 4 is 28.3 Å². The molecule has 0 unspecified atom stereocenters. The number of halogens is 1. The Morgan fingerprint density at radius 3 is 2.70 bits per heavy atom. The number of nitrogens with zero attached hydrogens (tertiary/aromatic N) is 3. The van der Waals surface area contributed by atoms with E-state index >= 15 is 0 Å². The van der Waals surface area contributed by atoms with Gasteiger partial charge >= 0.3 is 0 Å². The summed E-state index contributed by atoms with van der Waals surface area (Å²) in [6, 6.07) is 11.5. The van der Waals surface area contributed by atoms with Gasteiger partial charge in [-0.1, -0.05) is 29.8 Å². The number of aromatic nitrogens is 3. The molecule has 1 aromatic carbocycles. The van der Waals surface area contributed by atoms with E-state index in [9.17, 15) is 0 Å². The summed E-state index contributed by atoms with van der Waals surface area (Å²) in [6.07, 6.45) is 3.46. The molecule has 0 bridgehead atoms. The minimum Gasteiger partial charge on any atom is -0.356 e. The van der Waals surface area contributed by atoms with Crippen LogP contribution < -0.4 is 5.32 Å². The SMILES string of the molecule is Clc1ccccc1CNc1nc(-c2ccncc2)ns1. The van der Waals surface area contributed by atoms with E-state index in [-0.39, 0.29) is 0 Å². The number of benzene rings is 1. The Morgan fingerprint density at radius 1 is 1.10 bits per heavy atom. The Balaban J connectivity index is 1.71. The molecule has 2 aromatic heterocycles. The van der Waals surface area contributed by atoms with E-state index in [1.165, 1.54) is 11.5 Å². The maximum absolute atomic E-state index is 6.11. The third-order valence-electron chi connectivity index (χ3n) is 2.75. The highest BCUT2D eigenvalue weighted by molar-refractivity contribution is 7.09. The summed E-state index contributed by atoms with van der Waals surface area (Å²) >= 11 is 7.45. The topological polar surface area (TPSA) is 50.7 Å². The normalized spacial score (nSPS) is 10.4. The molecule has 0 saturated carbocycles. The van der Waals surface area contributed by atoms with Crippen LogP contribution in [0.3, 0.4) is 0 Å². The summed E-state index contributed by atoms with van der Waals surface area (Å²) in [6.45, 7) is 0.630. The highest BCUT2D eigenvalue weighted by Crippen LogP contribution is 2.22. The van der Waals surface area contributed by atoms with Crippen LogP contribution in [-0.2, 0) is 6.54 Å². The fourth-order valence-corrected chi connectivity index (χ4v) is 2.51. The predicted octanol–water partition coefficient (Wildman–Crippen LogP) is 3.87. The van der Waals surface area contributed by atoms with Gasteiger partial charge in [-0.2, -0.15) is 9.36 Å². The molecule has 1 N–H and O–H groups in total. The van der Waals surface area contributed by atoms with Crippen LogP contribution in [0.4, 0.5) is 5.13 Å². The monoisotopic (exact) mass is 302 g/mol. The fraction of sp³-hybridized carbons (Fsp3) is 0.0714. The Bertz CT molecular complexity index is 699. The number of nitrogens with one attached hydrogen (secondary N) is 1. The largest absolute Gasteiger partial charge is 0.356 e. The lowest BCUT2D eigenvalue weighted by atomic mass is 10.2. The second-order valence-electron chi connectivity index (χ2n) is 4.10. The Labute approximate surface area is 125 Å². The van der Waals surface area contributed by atoms with E-state index in [0.29, 0.717) is 12.4 Å². The maximum atomic E-state index is 6.11. The van der Waals surface area contributed by atoms with Gasteiger partial charge < -0.3 is 5.32 Å². The first kappa shape index (κ1) is 13.0. The molecule has 4 nitrogen and oxygen atoms in total. The van der Waals surface area contributed by atoms with Crippen molar-refractivity contribution in [1.82, 2.24) is 14.3 Å². The average Bonchev–Trinajstić information content (AvgIpc) is 2.96. The van der Waals surface area contributed by atoms with E-state index < -0.39 is 0 Å². The minimum absolute atomic E-state index is 0.630. The second-order valence-corrected chi connectivity index (χ2v) is 5.26. The molecule has 100 valence electrons. The van der Waals surface area contributed by atoms with Crippen LogP contribution >= 0.6 is 23.1 Å². The minimum atomic E-state index is 0.630. The molecule has 0 spiro atoms. The van der Waals surface area contributed by atoms with E-state index in [2.05, 4.69) is 19.7 Å². The van der Waals surface area contributed by atoms with Crippen LogP contribution in [0.25, 0.3) is 11.4 Å². The van der Waals surface area contributed by atoms with Gasteiger partial charge in [0.05, 0.1) is 0 Å². The first-order valence-electron chi connectivity index (χ1n) is 6.04. The van der Waals surface area contributed by atoms with Crippen LogP contribution in [0.2, 0.25) is 5.02 Å². The van der Waals surface area contributed by atoms with Crippen LogP contribution in [0.1, 0.15) is 5.56 Å². The molecule has 20 heavy (non-hydrogen) atoms. The van der Waals surface area contributed by atoms with Gasteiger partial charge in [-0.3, -0.25) is 4.98 Å². The highest BCUT2D eigenvalue weighted by Gasteiger charge is 2.06. The van der Waals surface area contributed by atoms with Crippen LogP contribution in [0, 0.1) is 0 Å². The van der Waals surface area contributed by atoms with Crippen molar-refractivity contribution < 1.29 is 0 Å². The number of pyridine rings is 1. The van der Waals surface area contributed by atoms with Gasteiger partial charge in [0.1, 0.15) is 0 Å². The number of anilines is 1. The molecule has 0 atom stereocenters. The molecular weight excluding hydrogens is 292 g/mol. The van der Waals surface area contributed by atoms with Gasteiger partial charge in [0, 0.05) is 41.1 Å².